The van der Waals surface area contributed by atoms with Crippen LogP contribution in [0, 0.1) is 25.5 Å². The molecule has 1 heterocycles. The molecule has 0 aliphatic rings. The fourth-order valence-electron chi connectivity index (χ4n) is 1.62. The number of benzene rings is 1. The summed E-state index contributed by atoms with van der Waals surface area (Å²) in [5, 5.41) is 3.28. The smallest absolute Gasteiger partial charge is 0.137 e. The van der Waals surface area contributed by atoms with E-state index in [1.54, 1.807) is 13.8 Å². The maximum Gasteiger partial charge on any atom is 0.137 e. The Morgan fingerprint density at radius 1 is 1.21 bits per heavy atom. The summed E-state index contributed by atoms with van der Waals surface area (Å²) in [4.78, 5) is 8.18. The molecule has 0 atom stereocenters. The van der Waals surface area contributed by atoms with E-state index < -0.39 is 11.6 Å². The number of hydrogen-bond acceptors (Lipinski definition) is 3. The summed E-state index contributed by atoms with van der Waals surface area (Å²) in [6, 6.07) is 3.32. The number of aromatic nitrogens is 2. The first-order chi connectivity index (χ1) is 8.97. The van der Waals surface area contributed by atoms with Gasteiger partial charge in [-0.1, -0.05) is 11.6 Å². The van der Waals surface area contributed by atoms with Crippen LogP contribution in [0.4, 0.5) is 14.6 Å². The minimum atomic E-state index is -0.480. The highest BCUT2D eigenvalue weighted by Gasteiger charge is 2.09. The van der Waals surface area contributed by atoms with E-state index in [-0.39, 0.29) is 12.1 Å². The average Bonchev–Trinajstić information content (AvgIpc) is 2.35. The van der Waals surface area contributed by atoms with Crippen molar-refractivity contribution in [1.82, 2.24) is 9.97 Å². The van der Waals surface area contributed by atoms with Gasteiger partial charge in [-0.05, 0) is 32.0 Å². The van der Waals surface area contributed by atoms with Gasteiger partial charge in [0.1, 0.15) is 28.4 Å². The number of hydrogen-bond donors (Lipinski definition) is 1. The fraction of sp³-hybridized carbons (Fsp3) is 0.231. The van der Waals surface area contributed by atoms with Crippen molar-refractivity contribution in [1.29, 1.82) is 0 Å². The molecule has 0 saturated carbocycles. The van der Waals surface area contributed by atoms with Gasteiger partial charge >= 0.3 is 0 Å². The number of anilines is 1. The minimum absolute atomic E-state index is 0.122. The van der Waals surface area contributed by atoms with Gasteiger partial charge in [0, 0.05) is 17.7 Å². The molecule has 1 aromatic heterocycles. The van der Waals surface area contributed by atoms with E-state index in [0.717, 1.165) is 18.2 Å². The SMILES string of the molecule is Cc1nc(Cl)c(C)c(NCc2cc(F)ccc2F)n1. The van der Waals surface area contributed by atoms with Crippen LogP contribution in [-0.2, 0) is 6.54 Å². The highest BCUT2D eigenvalue weighted by atomic mass is 35.5. The monoisotopic (exact) mass is 283 g/mol. The molecular formula is C13H12ClF2N3. The van der Waals surface area contributed by atoms with Gasteiger partial charge in [0.2, 0.25) is 0 Å². The Bertz CT molecular complexity index is 617. The number of halogens is 3. The van der Waals surface area contributed by atoms with Crippen LogP contribution in [0.2, 0.25) is 5.15 Å². The Hall–Kier alpha value is -1.75. The summed E-state index contributed by atoms with van der Waals surface area (Å²) >= 11 is 5.93. The first-order valence-corrected chi connectivity index (χ1v) is 6.03. The molecule has 1 aromatic carbocycles. The predicted molar refractivity (Wildman–Crippen MR) is 70.2 cm³/mol. The van der Waals surface area contributed by atoms with Gasteiger partial charge < -0.3 is 5.32 Å². The van der Waals surface area contributed by atoms with E-state index in [9.17, 15) is 8.78 Å². The number of nitrogens with zero attached hydrogens (tertiary/aromatic N) is 2. The Labute approximate surface area is 114 Å². The van der Waals surface area contributed by atoms with E-state index >= 15 is 0 Å². The third-order valence-corrected chi connectivity index (χ3v) is 3.02. The molecule has 19 heavy (non-hydrogen) atoms. The van der Waals surface area contributed by atoms with Gasteiger partial charge in [0.25, 0.3) is 0 Å². The Morgan fingerprint density at radius 2 is 1.95 bits per heavy atom. The topological polar surface area (TPSA) is 37.8 Å². The molecule has 0 radical (unpaired) electrons. The van der Waals surface area contributed by atoms with Crippen molar-refractivity contribution in [3.8, 4) is 0 Å². The molecule has 0 fully saturated rings. The molecule has 0 unspecified atom stereocenters. The molecule has 0 amide bonds. The zero-order valence-corrected chi connectivity index (χ0v) is 11.2. The highest BCUT2D eigenvalue weighted by Crippen LogP contribution is 2.20. The maximum absolute atomic E-state index is 13.5. The van der Waals surface area contributed by atoms with Crippen LogP contribution in [0.5, 0.6) is 0 Å². The van der Waals surface area contributed by atoms with Gasteiger partial charge in [-0.2, -0.15) is 0 Å². The van der Waals surface area contributed by atoms with E-state index in [1.165, 1.54) is 0 Å². The highest BCUT2D eigenvalue weighted by molar-refractivity contribution is 6.30. The fourth-order valence-corrected chi connectivity index (χ4v) is 1.84. The second kappa shape index (κ2) is 5.48. The molecule has 1 N–H and O–H groups in total. The summed E-state index contributed by atoms with van der Waals surface area (Å²) in [7, 11) is 0. The van der Waals surface area contributed by atoms with Crippen LogP contribution in [0.15, 0.2) is 18.2 Å². The molecular weight excluding hydrogens is 272 g/mol. The van der Waals surface area contributed by atoms with Gasteiger partial charge in [-0.3, -0.25) is 0 Å². The third-order valence-electron chi connectivity index (χ3n) is 2.65. The summed E-state index contributed by atoms with van der Waals surface area (Å²) < 4.78 is 26.5. The molecule has 2 aromatic rings. The number of rotatable bonds is 3. The first kappa shape index (κ1) is 13.7. The van der Waals surface area contributed by atoms with Gasteiger partial charge in [-0.25, -0.2) is 18.7 Å². The van der Waals surface area contributed by atoms with Crippen molar-refractivity contribution in [3.05, 3.63) is 51.9 Å². The zero-order valence-electron chi connectivity index (χ0n) is 10.5. The van der Waals surface area contributed by atoms with Gasteiger partial charge in [-0.15, -0.1) is 0 Å². The lowest BCUT2D eigenvalue weighted by molar-refractivity contribution is 0.587. The maximum atomic E-state index is 13.5. The zero-order chi connectivity index (χ0) is 14.0. The lowest BCUT2D eigenvalue weighted by atomic mass is 10.2. The van der Waals surface area contributed by atoms with Crippen molar-refractivity contribution < 1.29 is 8.78 Å². The molecule has 0 spiro atoms. The van der Waals surface area contributed by atoms with Crippen LogP contribution in [0.3, 0.4) is 0 Å². The molecule has 0 aliphatic carbocycles. The van der Waals surface area contributed by atoms with Crippen LogP contribution in [-0.4, -0.2) is 9.97 Å². The standard InChI is InChI=1S/C13H12ClF2N3/c1-7-12(14)18-8(2)19-13(7)17-6-9-5-10(15)3-4-11(9)16/h3-5H,6H2,1-2H3,(H,17,18,19). The van der Waals surface area contributed by atoms with Gasteiger partial charge in [0.05, 0.1) is 0 Å². The van der Waals surface area contributed by atoms with Crippen molar-refractivity contribution >= 4 is 17.4 Å². The summed E-state index contributed by atoms with van der Waals surface area (Å²) in [5.41, 5.74) is 0.899. The summed E-state index contributed by atoms with van der Waals surface area (Å²) in [5.74, 6) is 0.0780. The van der Waals surface area contributed by atoms with E-state index in [4.69, 9.17) is 11.6 Å². The molecule has 2 rings (SSSR count). The lowest BCUT2D eigenvalue weighted by Crippen LogP contribution is -2.07. The second-order valence-electron chi connectivity index (χ2n) is 4.12. The van der Waals surface area contributed by atoms with Crippen LogP contribution in [0.25, 0.3) is 0 Å². The molecule has 100 valence electrons. The normalized spacial score (nSPS) is 10.6. The van der Waals surface area contributed by atoms with Crippen LogP contribution >= 0.6 is 11.6 Å². The molecule has 0 aliphatic heterocycles. The summed E-state index contributed by atoms with van der Waals surface area (Å²) in [6.07, 6.45) is 0. The largest absolute Gasteiger partial charge is 0.366 e. The number of nitrogens with one attached hydrogen (secondary N) is 1. The van der Waals surface area contributed by atoms with Crippen molar-refractivity contribution in [3.63, 3.8) is 0 Å². The van der Waals surface area contributed by atoms with Crippen molar-refractivity contribution in [2.45, 2.75) is 20.4 Å². The van der Waals surface area contributed by atoms with E-state index in [1.807, 2.05) is 0 Å². The second-order valence-corrected chi connectivity index (χ2v) is 4.48. The lowest BCUT2D eigenvalue weighted by Gasteiger charge is -2.10. The molecule has 3 nitrogen and oxygen atoms in total. The Kier molecular flexibility index (Phi) is 3.95. The van der Waals surface area contributed by atoms with Crippen LogP contribution < -0.4 is 5.32 Å². The predicted octanol–water partition coefficient (Wildman–Crippen LogP) is 3.64. The van der Waals surface area contributed by atoms with E-state index in [2.05, 4.69) is 15.3 Å². The third kappa shape index (κ3) is 3.17. The average molecular weight is 284 g/mol. The number of aryl methyl sites for hydroxylation is 1. The van der Waals surface area contributed by atoms with Gasteiger partial charge in [0.15, 0.2) is 0 Å². The Balaban J connectivity index is 2.21. The van der Waals surface area contributed by atoms with Crippen molar-refractivity contribution in [2.75, 3.05) is 5.32 Å². The summed E-state index contributed by atoms with van der Waals surface area (Å²) in [6.45, 7) is 3.59. The first-order valence-electron chi connectivity index (χ1n) is 5.66. The minimum Gasteiger partial charge on any atom is -0.366 e. The quantitative estimate of drug-likeness (QED) is 0.874. The van der Waals surface area contributed by atoms with Crippen LogP contribution in [0.1, 0.15) is 17.0 Å². The molecule has 6 heteroatoms. The molecule has 0 saturated heterocycles. The van der Waals surface area contributed by atoms with Crippen molar-refractivity contribution in [2.24, 2.45) is 0 Å². The van der Waals surface area contributed by atoms with E-state index in [0.29, 0.717) is 22.4 Å². The Morgan fingerprint density at radius 3 is 2.68 bits per heavy atom. The molecule has 0 bridgehead atoms.